The van der Waals surface area contributed by atoms with Crippen LogP contribution in [0.5, 0.6) is 0 Å². The molecular weight excluding hydrogens is 183 g/mol. The lowest BCUT2D eigenvalue weighted by Gasteiger charge is -2.09. The van der Waals surface area contributed by atoms with Gasteiger partial charge in [-0.15, -0.1) is 0 Å². The third kappa shape index (κ3) is 2.48. The Kier molecular flexibility index (Phi) is 3.50. The number of urea groups is 1. The van der Waals surface area contributed by atoms with Crippen molar-refractivity contribution in [1.82, 2.24) is 5.32 Å². The van der Waals surface area contributed by atoms with Crippen molar-refractivity contribution in [3.63, 3.8) is 0 Å². The Morgan fingerprint density at radius 2 is 2.00 bits per heavy atom. The van der Waals surface area contributed by atoms with Gasteiger partial charge in [0.1, 0.15) is 0 Å². The van der Waals surface area contributed by atoms with Gasteiger partial charge in [-0.3, -0.25) is 0 Å². The Bertz CT molecular complexity index is 330. The fraction of sp³-hybridized carbons (Fsp3) is 0.125. The highest BCUT2D eigenvalue weighted by molar-refractivity contribution is 6.60. The Labute approximate surface area is 81.9 Å². The van der Waals surface area contributed by atoms with E-state index in [0.29, 0.717) is 5.69 Å². The van der Waals surface area contributed by atoms with Crippen LogP contribution in [0.25, 0.3) is 0 Å². The topological polar surface area (TPSA) is 81.6 Å². The number of benzene rings is 1. The van der Waals surface area contributed by atoms with Crippen LogP contribution in [-0.2, 0) is 0 Å². The molecule has 0 bridgehead atoms. The maximum Gasteiger partial charge on any atom is 0.490 e. The number of para-hydroxylation sites is 1. The zero-order valence-corrected chi connectivity index (χ0v) is 7.69. The van der Waals surface area contributed by atoms with Crippen LogP contribution in [-0.4, -0.2) is 30.2 Å². The summed E-state index contributed by atoms with van der Waals surface area (Å²) < 4.78 is 0. The summed E-state index contributed by atoms with van der Waals surface area (Å²) in [4.78, 5) is 11.0. The van der Waals surface area contributed by atoms with Gasteiger partial charge in [0, 0.05) is 18.2 Å². The zero-order chi connectivity index (χ0) is 10.6. The van der Waals surface area contributed by atoms with Crippen molar-refractivity contribution in [2.24, 2.45) is 0 Å². The molecule has 0 aliphatic rings. The first-order valence-electron chi connectivity index (χ1n) is 4.09. The molecule has 0 radical (unpaired) electrons. The van der Waals surface area contributed by atoms with Crippen LogP contribution in [0, 0.1) is 0 Å². The Hall–Kier alpha value is -1.53. The lowest BCUT2D eigenvalue weighted by Crippen LogP contribution is -2.35. The third-order valence-corrected chi connectivity index (χ3v) is 1.71. The van der Waals surface area contributed by atoms with Crippen LogP contribution in [0.1, 0.15) is 0 Å². The Balaban J connectivity index is 2.90. The number of rotatable bonds is 2. The number of carbonyl (C=O) groups is 1. The van der Waals surface area contributed by atoms with Crippen LogP contribution >= 0.6 is 0 Å². The Morgan fingerprint density at radius 3 is 2.57 bits per heavy atom. The number of anilines is 1. The van der Waals surface area contributed by atoms with E-state index in [0.717, 1.165) is 0 Å². The second-order valence-electron chi connectivity index (χ2n) is 2.67. The molecule has 5 nitrogen and oxygen atoms in total. The minimum absolute atomic E-state index is 0.260. The van der Waals surface area contributed by atoms with Gasteiger partial charge < -0.3 is 20.7 Å². The molecule has 0 aliphatic carbocycles. The maximum absolute atomic E-state index is 11.0. The highest BCUT2D eigenvalue weighted by Gasteiger charge is 2.15. The monoisotopic (exact) mass is 194 g/mol. The molecule has 1 aromatic carbocycles. The van der Waals surface area contributed by atoms with E-state index >= 15 is 0 Å². The van der Waals surface area contributed by atoms with E-state index in [1.54, 1.807) is 18.2 Å². The summed E-state index contributed by atoms with van der Waals surface area (Å²) in [5.41, 5.74) is 0.637. The quantitative estimate of drug-likeness (QED) is 0.461. The summed E-state index contributed by atoms with van der Waals surface area (Å²) in [6.45, 7) is 0. The molecule has 0 heterocycles. The zero-order valence-electron chi connectivity index (χ0n) is 7.69. The molecule has 0 atom stereocenters. The van der Waals surface area contributed by atoms with Crippen LogP contribution in [0.2, 0.25) is 0 Å². The molecule has 1 aromatic rings. The van der Waals surface area contributed by atoms with Crippen LogP contribution in [0.4, 0.5) is 10.5 Å². The molecule has 0 aliphatic heterocycles. The summed E-state index contributed by atoms with van der Waals surface area (Å²) in [7, 11) is -0.115. The van der Waals surface area contributed by atoms with Crippen molar-refractivity contribution in [3.05, 3.63) is 24.3 Å². The molecular formula is C8H11BN2O3. The molecule has 4 N–H and O–H groups in total. The average molecular weight is 194 g/mol. The lowest BCUT2D eigenvalue weighted by atomic mass is 9.79. The first kappa shape index (κ1) is 10.6. The molecule has 14 heavy (non-hydrogen) atoms. The number of amides is 2. The first-order valence-corrected chi connectivity index (χ1v) is 4.09. The minimum atomic E-state index is -1.59. The summed E-state index contributed by atoms with van der Waals surface area (Å²) >= 11 is 0. The van der Waals surface area contributed by atoms with Crippen LogP contribution in [0.3, 0.4) is 0 Å². The van der Waals surface area contributed by atoms with Gasteiger partial charge in [-0.2, -0.15) is 0 Å². The molecule has 0 saturated carbocycles. The standard InChI is InChI=1S/C8H11BN2O3/c1-10-8(12)11-7-5-3-2-4-6(7)9(13)14/h2-5,13-14H,1H3,(H2,10,11,12). The van der Waals surface area contributed by atoms with Crippen molar-refractivity contribution < 1.29 is 14.8 Å². The van der Waals surface area contributed by atoms with E-state index in [-0.39, 0.29) is 5.46 Å². The van der Waals surface area contributed by atoms with Crippen LogP contribution in [0.15, 0.2) is 24.3 Å². The van der Waals surface area contributed by atoms with Crippen LogP contribution < -0.4 is 16.1 Å². The summed E-state index contributed by atoms with van der Waals surface area (Å²) in [5.74, 6) is 0. The van der Waals surface area contributed by atoms with Crippen molar-refractivity contribution in [2.45, 2.75) is 0 Å². The molecule has 0 unspecified atom stereocenters. The van der Waals surface area contributed by atoms with E-state index in [1.807, 2.05) is 0 Å². The predicted octanol–water partition coefficient (Wildman–Crippen LogP) is -0.882. The molecule has 0 spiro atoms. The van der Waals surface area contributed by atoms with Gasteiger partial charge in [0.15, 0.2) is 0 Å². The fourth-order valence-corrected chi connectivity index (χ4v) is 1.02. The van der Waals surface area contributed by atoms with Gasteiger partial charge in [0.25, 0.3) is 0 Å². The molecule has 0 saturated heterocycles. The molecule has 6 heteroatoms. The SMILES string of the molecule is CNC(=O)Nc1ccccc1B(O)O. The second-order valence-corrected chi connectivity index (χ2v) is 2.67. The van der Waals surface area contributed by atoms with Crippen molar-refractivity contribution in [2.75, 3.05) is 12.4 Å². The molecule has 74 valence electrons. The second kappa shape index (κ2) is 4.64. The summed E-state index contributed by atoms with van der Waals surface area (Å²) in [6, 6.07) is 6.05. The smallest absolute Gasteiger partial charge is 0.423 e. The Morgan fingerprint density at radius 1 is 1.36 bits per heavy atom. The number of carbonyl (C=O) groups excluding carboxylic acids is 1. The molecule has 1 rings (SSSR count). The number of hydrogen-bond acceptors (Lipinski definition) is 3. The van der Waals surface area contributed by atoms with E-state index in [4.69, 9.17) is 10.0 Å². The fourth-order valence-electron chi connectivity index (χ4n) is 1.02. The van der Waals surface area contributed by atoms with Gasteiger partial charge >= 0.3 is 13.1 Å². The van der Waals surface area contributed by atoms with Gasteiger partial charge in [-0.25, -0.2) is 4.79 Å². The molecule has 2 amide bonds. The highest BCUT2D eigenvalue weighted by atomic mass is 16.4. The summed E-state index contributed by atoms with van der Waals surface area (Å²) in [5, 5.41) is 22.8. The largest absolute Gasteiger partial charge is 0.490 e. The maximum atomic E-state index is 11.0. The lowest BCUT2D eigenvalue weighted by molar-refractivity contribution is 0.254. The van der Waals surface area contributed by atoms with E-state index in [1.165, 1.54) is 13.1 Å². The van der Waals surface area contributed by atoms with Gasteiger partial charge in [-0.05, 0) is 6.07 Å². The van der Waals surface area contributed by atoms with Gasteiger partial charge in [0.2, 0.25) is 0 Å². The van der Waals surface area contributed by atoms with E-state index in [9.17, 15) is 4.79 Å². The highest BCUT2D eigenvalue weighted by Crippen LogP contribution is 2.02. The van der Waals surface area contributed by atoms with E-state index in [2.05, 4.69) is 10.6 Å². The summed E-state index contributed by atoms with van der Waals surface area (Å²) in [6.07, 6.45) is 0. The normalized spacial score (nSPS) is 9.36. The molecule has 0 aromatic heterocycles. The predicted molar refractivity (Wildman–Crippen MR) is 54.3 cm³/mol. The van der Waals surface area contributed by atoms with Crippen molar-refractivity contribution in [1.29, 1.82) is 0 Å². The van der Waals surface area contributed by atoms with Crippen molar-refractivity contribution >= 4 is 24.3 Å². The van der Waals surface area contributed by atoms with Gasteiger partial charge in [-0.1, -0.05) is 18.2 Å². The number of nitrogens with one attached hydrogen (secondary N) is 2. The van der Waals surface area contributed by atoms with Gasteiger partial charge in [0.05, 0.1) is 0 Å². The third-order valence-electron chi connectivity index (χ3n) is 1.71. The number of hydrogen-bond donors (Lipinski definition) is 4. The first-order chi connectivity index (χ1) is 6.65. The van der Waals surface area contributed by atoms with E-state index < -0.39 is 13.1 Å². The van der Waals surface area contributed by atoms with Crippen molar-refractivity contribution in [3.8, 4) is 0 Å². The average Bonchev–Trinajstić information content (AvgIpc) is 2.18. The molecule has 0 fully saturated rings. The minimum Gasteiger partial charge on any atom is -0.423 e.